The SMILES string of the molecule is CC(C)(C)OC(=O)Nc1ccc([N+](=O)[O-])c(Oc2ccccc2)c1F. The number of nitro groups is 1. The average molecular weight is 348 g/mol. The van der Waals surface area contributed by atoms with Crippen molar-refractivity contribution in [1.29, 1.82) is 0 Å². The van der Waals surface area contributed by atoms with E-state index in [2.05, 4.69) is 5.32 Å². The second-order valence-electron chi connectivity index (χ2n) is 6.07. The Hall–Kier alpha value is -3.16. The van der Waals surface area contributed by atoms with Crippen molar-refractivity contribution in [2.24, 2.45) is 0 Å². The van der Waals surface area contributed by atoms with Gasteiger partial charge >= 0.3 is 11.8 Å². The predicted octanol–water partition coefficient (Wildman–Crippen LogP) is 4.87. The number of carbonyl (C=O) groups excluding carboxylic acids is 1. The second-order valence-corrected chi connectivity index (χ2v) is 6.07. The van der Waals surface area contributed by atoms with Crippen molar-refractivity contribution in [3.8, 4) is 11.5 Å². The number of para-hydroxylation sites is 1. The summed E-state index contributed by atoms with van der Waals surface area (Å²) >= 11 is 0. The van der Waals surface area contributed by atoms with Gasteiger partial charge < -0.3 is 9.47 Å². The van der Waals surface area contributed by atoms with Gasteiger partial charge in [-0.25, -0.2) is 9.18 Å². The summed E-state index contributed by atoms with van der Waals surface area (Å²) in [6.07, 6.45) is -0.883. The Kier molecular flexibility index (Phi) is 5.21. The van der Waals surface area contributed by atoms with E-state index in [1.165, 1.54) is 12.1 Å². The minimum Gasteiger partial charge on any atom is -0.447 e. The van der Waals surface area contributed by atoms with E-state index in [9.17, 15) is 19.3 Å². The number of nitro benzene ring substituents is 1. The molecule has 0 saturated heterocycles. The summed E-state index contributed by atoms with van der Waals surface area (Å²) in [5.74, 6) is -1.44. The van der Waals surface area contributed by atoms with Gasteiger partial charge in [-0.15, -0.1) is 0 Å². The Bertz CT molecular complexity index is 788. The van der Waals surface area contributed by atoms with Gasteiger partial charge in [0.15, 0.2) is 5.82 Å². The van der Waals surface area contributed by atoms with Crippen LogP contribution in [0, 0.1) is 15.9 Å². The van der Waals surface area contributed by atoms with Crippen LogP contribution in [0.5, 0.6) is 11.5 Å². The van der Waals surface area contributed by atoms with E-state index in [0.717, 1.165) is 12.1 Å². The van der Waals surface area contributed by atoms with Gasteiger partial charge in [-0.05, 0) is 39.0 Å². The number of carbonyl (C=O) groups is 1. The summed E-state index contributed by atoms with van der Waals surface area (Å²) < 4.78 is 25.0. The normalized spacial score (nSPS) is 10.9. The fourth-order valence-electron chi connectivity index (χ4n) is 1.90. The zero-order valence-corrected chi connectivity index (χ0v) is 13.9. The van der Waals surface area contributed by atoms with Crippen LogP contribution in [0.25, 0.3) is 0 Å². The van der Waals surface area contributed by atoms with Gasteiger partial charge in [0.2, 0.25) is 5.75 Å². The summed E-state index contributed by atoms with van der Waals surface area (Å²) in [5.41, 5.74) is -1.62. The number of hydrogen-bond acceptors (Lipinski definition) is 5. The highest BCUT2D eigenvalue weighted by Crippen LogP contribution is 2.37. The molecule has 0 aliphatic heterocycles. The van der Waals surface area contributed by atoms with Crippen molar-refractivity contribution in [3.63, 3.8) is 0 Å². The lowest BCUT2D eigenvalue weighted by atomic mass is 10.2. The average Bonchev–Trinajstić information content (AvgIpc) is 2.50. The number of halogens is 1. The molecule has 25 heavy (non-hydrogen) atoms. The highest BCUT2D eigenvalue weighted by molar-refractivity contribution is 5.86. The van der Waals surface area contributed by atoms with Crippen molar-refractivity contribution in [2.75, 3.05) is 5.32 Å². The zero-order valence-electron chi connectivity index (χ0n) is 13.9. The van der Waals surface area contributed by atoms with Crippen LogP contribution in [0.2, 0.25) is 0 Å². The molecule has 0 bridgehead atoms. The topological polar surface area (TPSA) is 90.7 Å². The molecule has 0 aromatic heterocycles. The Balaban J connectivity index is 2.36. The highest BCUT2D eigenvalue weighted by Gasteiger charge is 2.25. The molecule has 8 heteroatoms. The quantitative estimate of drug-likeness (QED) is 0.628. The highest BCUT2D eigenvalue weighted by atomic mass is 19.1. The summed E-state index contributed by atoms with van der Waals surface area (Å²) in [5, 5.41) is 13.4. The van der Waals surface area contributed by atoms with Gasteiger partial charge in [0.05, 0.1) is 10.6 Å². The van der Waals surface area contributed by atoms with E-state index in [0.29, 0.717) is 0 Å². The maximum Gasteiger partial charge on any atom is 0.412 e. The third-order valence-corrected chi connectivity index (χ3v) is 2.87. The Labute approximate surface area is 143 Å². The van der Waals surface area contributed by atoms with Crippen LogP contribution in [-0.2, 0) is 4.74 Å². The van der Waals surface area contributed by atoms with Crippen LogP contribution in [-0.4, -0.2) is 16.6 Å². The van der Waals surface area contributed by atoms with Crippen LogP contribution in [0.4, 0.5) is 20.6 Å². The number of amides is 1. The molecular formula is C17H17FN2O5. The van der Waals surface area contributed by atoms with Crippen LogP contribution in [0.1, 0.15) is 20.8 Å². The first-order valence-corrected chi connectivity index (χ1v) is 7.37. The predicted molar refractivity (Wildman–Crippen MR) is 89.4 cm³/mol. The molecule has 0 saturated carbocycles. The van der Waals surface area contributed by atoms with Crippen LogP contribution in [0.3, 0.4) is 0 Å². The number of nitrogens with one attached hydrogen (secondary N) is 1. The number of hydrogen-bond donors (Lipinski definition) is 1. The molecule has 0 fully saturated rings. The molecular weight excluding hydrogens is 331 g/mol. The molecule has 2 aromatic carbocycles. The fraction of sp³-hybridized carbons (Fsp3) is 0.235. The van der Waals surface area contributed by atoms with Crippen molar-refractivity contribution >= 4 is 17.5 Å². The zero-order chi connectivity index (χ0) is 18.6. The Morgan fingerprint density at radius 1 is 1.16 bits per heavy atom. The second kappa shape index (κ2) is 7.16. The maximum absolute atomic E-state index is 14.7. The van der Waals surface area contributed by atoms with Crippen molar-refractivity contribution < 1.29 is 23.6 Å². The summed E-state index contributed by atoms with van der Waals surface area (Å²) in [6.45, 7) is 4.97. The largest absolute Gasteiger partial charge is 0.447 e. The molecule has 2 aromatic rings. The minimum atomic E-state index is -1.07. The van der Waals surface area contributed by atoms with Crippen molar-refractivity contribution in [3.05, 3.63) is 58.4 Å². The molecule has 7 nitrogen and oxygen atoms in total. The van der Waals surface area contributed by atoms with Crippen molar-refractivity contribution in [2.45, 2.75) is 26.4 Å². The van der Waals surface area contributed by atoms with E-state index < -0.39 is 33.9 Å². The first-order chi connectivity index (χ1) is 11.7. The number of ether oxygens (including phenoxy) is 2. The van der Waals surface area contributed by atoms with Crippen LogP contribution >= 0.6 is 0 Å². The van der Waals surface area contributed by atoms with E-state index in [1.807, 2.05) is 0 Å². The number of benzene rings is 2. The molecule has 0 unspecified atom stereocenters. The lowest BCUT2D eigenvalue weighted by molar-refractivity contribution is -0.385. The summed E-state index contributed by atoms with van der Waals surface area (Å²) in [7, 11) is 0. The summed E-state index contributed by atoms with van der Waals surface area (Å²) in [4.78, 5) is 22.2. The van der Waals surface area contributed by atoms with E-state index in [1.54, 1.807) is 39.0 Å². The number of rotatable bonds is 4. The van der Waals surface area contributed by atoms with E-state index in [-0.39, 0.29) is 11.4 Å². The molecule has 0 atom stereocenters. The minimum absolute atomic E-state index is 0.221. The molecule has 0 spiro atoms. The van der Waals surface area contributed by atoms with Crippen LogP contribution < -0.4 is 10.1 Å². The van der Waals surface area contributed by atoms with Gasteiger partial charge in [0.1, 0.15) is 11.4 Å². The number of nitrogens with zero attached hydrogens (tertiary/aromatic N) is 1. The maximum atomic E-state index is 14.7. The third kappa shape index (κ3) is 4.90. The van der Waals surface area contributed by atoms with Gasteiger partial charge in [0.25, 0.3) is 0 Å². The molecule has 0 heterocycles. The smallest absolute Gasteiger partial charge is 0.412 e. The molecule has 0 radical (unpaired) electrons. The monoisotopic (exact) mass is 348 g/mol. The Morgan fingerprint density at radius 2 is 1.80 bits per heavy atom. The first-order valence-electron chi connectivity index (χ1n) is 7.37. The fourth-order valence-corrected chi connectivity index (χ4v) is 1.90. The molecule has 132 valence electrons. The van der Waals surface area contributed by atoms with Gasteiger partial charge in [-0.2, -0.15) is 0 Å². The third-order valence-electron chi connectivity index (χ3n) is 2.87. The lowest BCUT2D eigenvalue weighted by Gasteiger charge is -2.20. The number of anilines is 1. The standard InChI is InChI=1S/C17H17FN2O5/c1-17(2,3)25-16(21)19-12-9-10-13(20(22)23)15(14(12)18)24-11-7-5-4-6-8-11/h4-10H,1-3H3,(H,19,21). The molecule has 1 amide bonds. The molecule has 0 aliphatic carbocycles. The van der Waals surface area contributed by atoms with Gasteiger partial charge in [-0.3, -0.25) is 15.4 Å². The molecule has 1 N–H and O–H groups in total. The Morgan fingerprint density at radius 3 is 2.36 bits per heavy atom. The lowest BCUT2D eigenvalue weighted by Crippen LogP contribution is -2.27. The van der Waals surface area contributed by atoms with Crippen LogP contribution in [0.15, 0.2) is 42.5 Å². The van der Waals surface area contributed by atoms with Gasteiger partial charge in [-0.1, -0.05) is 18.2 Å². The van der Waals surface area contributed by atoms with E-state index in [4.69, 9.17) is 9.47 Å². The molecule has 0 aliphatic rings. The van der Waals surface area contributed by atoms with E-state index >= 15 is 0 Å². The van der Waals surface area contributed by atoms with Crippen molar-refractivity contribution in [1.82, 2.24) is 0 Å². The summed E-state index contributed by atoms with van der Waals surface area (Å²) in [6, 6.07) is 10.2. The molecule has 2 rings (SSSR count). The first kappa shape index (κ1) is 18.2. The van der Waals surface area contributed by atoms with Gasteiger partial charge in [0, 0.05) is 6.07 Å².